The van der Waals surface area contributed by atoms with Crippen molar-refractivity contribution in [1.82, 2.24) is 4.90 Å². The number of ether oxygens (including phenoxy) is 2. The number of nitrogens with zero attached hydrogens (tertiary/aromatic N) is 1. The minimum absolute atomic E-state index is 0.0270. The average molecular weight is 397 g/mol. The molecule has 0 aromatic heterocycles. The van der Waals surface area contributed by atoms with E-state index in [2.05, 4.69) is 23.3 Å². The molecule has 0 aliphatic heterocycles. The standard InChI is InChI=1S/C24H32N2O3/c1-3-28-21-13-15-22(16-14-21)29-18-24(27)25-23-12-8-7-9-19(23)17-26(2)20-10-5-4-6-11-20/h7-9,12-16,20H,3-6,10-11,17-18H2,1-2H3,(H,25,27). The summed E-state index contributed by atoms with van der Waals surface area (Å²) < 4.78 is 11.0. The summed E-state index contributed by atoms with van der Waals surface area (Å²) in [5.74, 6) is 1.28. The largest absolute Gasteiger partial charge is 0.494 e. The van der Waals surface area contributed by atoms with Crippen molar-refractivity contribution in [3.8, 4) is 11.5 Å². The second-order valence-electron chi connectivity index (χ2n) is 7.61. The number of para-hydroxylation sites is 1. The van der Waals surface area contributed by atoms with Gasteiger partial charge in [-0.2, -0.15) is 0 Å². The van der Waals surface area contributed by atoms with Crippen LogP contribution in [0.3, 0.4) is 0 Å². The lowest BCUT2D eigenvalue weighted by Crippen LogP contribution is -2.33. The Bertz CT molecular complexity index is 770. The van der Waals surface area contributed by atoms with Crippen molar-refractivity contribution in [1.29, 1.82) is 0 Å². The van der Waals surface area contributed by atoms with Gasteiger partial charge >= 0.3 is 0 Å². The lowest BCUT2D eigenvalue weighted by molar-refractivity contribution is -0.118. The van der Waals surface area contributed by atoms with Crippen molar-refractivity contribution in [3.63, 3.8) is 0 Å². The van der Waals surface area contributed by atoms with Crippen molar-refractivity contribution >= 4 is 11.6 Å². The number of hydrogen-bond donors (Lipinski definition) is 1. The highest BCUT2D eigenvalue weighted by Crippen LogP contribution is 2.25. The fraction of sp³-hybridized carbons (Fsp3) is 0.458. The predicted octanol–water partition coefficient (Wildman–Crippen LogP) is 4.87. The SMILES string of the molecule is CCOc1ccc(OCC(=O)Nc2ccccc2CN(C)C2CCCCC2)cc1. The number of carbonyl (C=O) groups excluding carboxylic acids is 1. The molecule has 5 heteroatoms. The minimum atomic E-state index is -0.161. The molecule has 0 radical (unpaired) electrons. The molecule has 29 heavy (non-hydrogen) atoms. The van der Waals surface area contributed by atoms with Gasteiger partial charge in [0.2, 0.25) is 0 Å². The zero-order valence-electron chi connectivity index (χ0n) is 17.5. The van der Waals surface area contributed by atoms with Crippen LogP contribution in [-0.4, -0.2) is 37.1 Å². The van der Waals surface area contributed by atoms with Gasteiger partial charge in [0.05, 0.1) is 6.61 Å². The number of nitrogens with one attached hydrogen (secondary N) is 1. The predicted molar refractivity (Wildman–Crippen MR) is 117 cm³/mol. The van der Waals surface area contributed by atoms with Gasteiger partial charge in [0, 0.05) is 18.3 Å². The summed E-state index contributed by atoms with van der Waals surface area (Å²) in [5, 5.41) is 3.01. The number of rotatable bonds is 9. The summed E-state index contributed by atoms with van der Waals surface area (Å²) >= 11 is 0. The first-order valence-corrected chi connectivity index (χ1v) is 10.6. The third kappa shape index (κ3) is 6.50. The number of benzene rings is 2. The van der Waals surface area contributed by atoms with E-state index in [0.717, 1.165) is 23.5 Å². The van der Waals surface area contributed by atoms with E-state index in [1.54, 1.807) is 0 Å². The van der Waals surface area contributed by atoms with Crippen LogP contribution in [0.15, 0.2) is 48.5 Å². The van der Waals surface area contributed by atoms with Crippen LogP contribution in [0.5, 0.6) is 11.5 Å². The smallest absolute Gasteiger partial charge is 0.262 e. The summed E-state index contributed by atoms with van der Waals surface area (Å²) in [7, 11) is 2.18. The Kier molecular flexibility index (Phi) is 7.94. The Hall–Kier alpha value is -2.53. The van der Waals surface area contributed by atoms with E-state index in [4.69, 9.17) is 9.47 Å². The van der Waals surface area contributed by atoms with Gasteiger partial charge in [-0.25, -0.2) is 0 Å². The fourth-order valence-electron chi connectivity index (χ4n) is 3.83. The Morgan fingerprint density at radius 2 is 1.66 bits per heavy atom. The van der Waals surface area contributed by atoms with Crippen molar-refractivity contribution in [3.05, 3.63) is 54.1 Å². The van der Waals surface area contributed by atoms with E-state index in [1.807, 2.05) is 49.4 Å². The molecule has 0 spiro atoms. The summed E-state index contributed by atoms with van der Waals surface area (Å²) in [6.45, 7) is 3.37. The van der Waals surface area contributed by atoms with Gasteiger partial charge in [0.1, 0.15) is 11.5 Å². The van der Waals surface area contributed by atoms with Gasteiger partial charge in [-0.15, -0.1) is 0 Å². The molecule has 1 aliphatic carbocycles. The minimum Gasteiger partial charge on any atom is -0.494 e. The van der Waals surface area contributed by atoms with Crippen LogP contribution in [0.2, 0.25) is 0 Å². The van der Waals surface area contributed by atoms with E-state index in [0.29, 0.717) is 18.4 Å². The molecule has 5 nitrogen and oxygen atoms in total. The van der Waals surface area contributed by atoms with Gasteiger partial charge in [-0.05, 0) is 62.7 Å². The van der Waals surface area contributed by atoms with Crippen molar-refractivity contribution in [2.75, 3.05) is 25.6 Å². The number of anilines is 1. The summed E-state index contributed by atoms with van der Waals surface area (Å²) in [5.41, 5.74) is 1.99. The molecule has 0 bridgehead atoms. The number of hydrogen-bond acceptors (Lipinski definition) is 4. The van der Waals surface area contributed by atoms with Crippen LogP contribution in [-0.2, 0) is 11.3 Å². The Morgan fingerprint density at radius 1 is 1.00 bits per heavy atom. The van der Waals surface area contributed by atoms with E-state index in [9.17, 15) is 4.79 Å². The molecule has 0 saturated heterocycles. The van der Waals surface area contributed by atoms with Crippen LogP contribution in [0.1, 0.15) is 44.6 Å². The molecular weight excluding hydrogens is 364 g/mol. The van der Waals surface area contributed by atoms with Crippen molar-refractivity contribution in [2.45, 2.75) is 51.6 Å². The topological polar surface area (TPSA) is 50.8 Å². The third-order valence-electron chi connectivity index (χ3n) is 5.41. The summed E-state index contributed by atoms with van der Waals surface area (Å²) in [6.07, 6.45) is 6.51. The molecule has 156 valence electrons. The fourth-order valence-corrected chi connectivity index (χ4v) is 3.83. The molecule has 1 amide bonds. The Balaban J connectivity index is 1.53. The molecule has 1 N–H and O–H groups in total. The first-order valence-electron chi connectivity index (χ1n) is 10.6. The molecule has 1 aliphatic rings. The highest BCUT2D eigenvalue weighted by molar-refractivity contribution is 5.92. The van der Waals surface area contributed by atoms with E-state index >= 15 is 0 Å². The van der Waals surface area contributed by atoms with Gasteiger partial charge in [-0.3, -0.25) is 9.69 Å². The lowest BCUT2D eigenvalue weighted by atomic mass is 9.94. The number of carbonyl (C=O) groups is 1. The summed E-state index contributed by atoms with van der Waals surface area (Å²) in [4.78, 5) is 14.8. The van der Waals surface area contributed by atoms with Crippen LogP contribution in [0, 0.1) is 0 Å². The van der Waals surface area contributed by atoms with E-state index in [-0.39, 0.29) is 12.5 Å². The molecule has 3 rings (SSSR count). The third-order valence-corrected chi connectivity index (χ3v) is 5.41. The van der Waals surface area contributed by atoms with Crippen LogP contribution >= 0.6 is 0 Å². The zero-order valence-corrected chi connectivity index (χ0v) is 17.5. The second-order valence-corrected chi connectivity index (χ2v) is 7.61. The van der Waals surface area contributed by atoms with Crippen LogP contribution < -0.4 is 14.8 Å². The molecule has 1 saturated carbocycles. The second kappa shape index (κ2) is 10.9. The monoisotopic (exact) mass is 396 g/mol. The number of amides is 1. The van der Waals surface area contributed by atoms with Crippen LogP contribution in [0.4, 0.5) is 5.69 Å². The molecule has 0 atom stereocenters. The highest BCUT2D eigenvalue weighted by Gasteiger charge is 2.19. The Morgan fingerprint density at radius 3 is 2.34 bits per heavy atom. The Labute approximate surface area is 174 Å². The molecule has 0 heterocycles. The van der Waals surface area contributed by atoms with E-state index in [1.165, 1.54) is 32.1 Å². The molecule has 2 aromatic carbocycles. The average Bonchev–Trinajstić information content (AvgIpc) is 2.75. The van der Waals surface area contributed by atoms with E-state index < -0.39 is 0 Å². The van der Waals surface area contributed by atoms with Gasteiger partial charge in [0.25, 0.3) is 5.91 Å². The lowest BCUT2D eigenvalue weighted by Gasteiger charge is -2.31. The summed E-state index contributed by atoms with van der Waals surface area (Å²) in [6, 6.07) is 16.0. The van der Waals surface area contributed by atoms with Gasteiger partial charge in [-0.1, -0.05) is 37.5 Å². The maximum absolute atomic E-state index is 12.4. The molecule has 1 fully saturated rings. The van der Waals surface area contributed by atoms with Crippen molar-refractivity contribution < 1.29 is 14.3 Å². The maximum Gasteiger partial charge on any atom is 0.262 e. The van der Waals surface area contributed by atoms with Gasteiger partial charge < -0.3 is 14.8 Å². The van der Waals surface area contributed by atoms with Gasteiger partial charge in [0.15, 0.2) is 6.61 Å². The van der Waals surface area contributed by atoms with Crippen LogP contribution in [0.25, 0.3) is 0 Å². The molecule has 2 aromatic rings. The highest BCUT2D eigenvalue weighted by atomic mass is 16.5. The molecular formula is C24H32N2O3. The maximum atomic E-state index is 12.4. The first kappa shape index (κ1) is 21.2. The van der Waals surface area contributed by atoms with Crippen molar-refractivity contribution in [2.24, 2.45) is 0 Å². The first-order chi connectivity index (χ1) is 14.2. The molecule has 0 unspecified atom stereocenters. The zero-order chi connectivity index (χ0) is 20.5. The quantitative estimate of drug-likeness (QED) is 0.657. The normalized spacial score (nSPS) is 14.6.